The van der Waals surface area contributed by atoms with Crippen LogP contribution in [0.3, 0.4) is 0 Å². The normalized spacial score (nSPS) is 13.4. The van der Waals surface area contributed by atoms with Crippen LogP contribution in [0.15, 0.2) is 24.4 Å². The summed E-state index contributed by atoms with van der Waals surface area (Å²) < 4.78 is 5.21. The maximum Gasteiger partial charge on any atom is 0.213 e. The molecule has 0 atom stereocenters. The van der Waals surface area contributed by atoms with Crippen molar-refractivity contribution in [2.45, 2.75) is 26.2 Å². The van der Waals surface area contributed by atoms with E-state index in [2.05, 4.69) is 24.0 Å². The highest BCUT2D eigenvalue weighted by atomic mass is 16.5. The molecule has 3 nitrogen and oxygen atoms in total. The molecule has 0 aliphatic heterocycles. The summed E-state index contributed by atoms with van der Waals surface area (Å²) in [5.74, 6) is 0.625. The number of nitrogens with zero attached hydrogens (tertiary/aromatic N) is 1. The van der Waals surface area contributed by atoms with E-state index in [0.717, 1.165) is 35.2 Å². The second kappa shape index (κ2) is 4.57. The van der Waals surface area contributed by atoms with E-state index in [-0.39, 0.29) is 0 Å². The maximum absolute atomic E-state index is 6.37. The Morgan fingerprint density at radius 1 is 1.21 bits per heavy atom. The fourth-order valence-corrected chi connectivity index (χ4v) is 2.84. The number of aromatic nitrogens is 1. The van der Waals surface area contributed by atoms with E-state index in [0.29, 0.717) is 5.88 Å². The number of benzene rings is 1. The van der Waals surface area contributed by atoms with Gasteiger partial charge in [-0.25, -0.2) is 4.98 Å². The number of hydrogen-bond acceptors (Lipinski definition) is 3. The van der Waals surface area contributed by atoms with Crippen LogP contribution >= 0.6 is 0 Å². The Balaban J connectivity index is 2.17. The number of fused-ring (bicyclic) bond motifs is 1. The zero-order valence-corrected chi connectivity index (χ0v) is 11.4. The highest BCUT2D eigenvalue weighted by Crippen LogP contribution is 2.37. The highest BCUT2D eigenvalue weighted by molar-refractivity contribution is 5.82. The summed E-state index contributed by atoms with van der Waals surface area (Å²) in [6.45, 7) is 2.05. The average Bonchev–Trinajstić information content (AvgIpc) is 2.90. The fraction of sp³-hybridized carbons (Fsp3) is 0.312. The van der Waals surface area contributed by atoms with Gasteiger partial charge in [0, 0.05) is 23.5 Å². The molecule has 3 rings (SSSR count). The molecule has 1 aromatic carbocycles. The lowest BCUT2D eigenvalue weighted by Gasteiger charge is -2.13. The lowest BCUT2D eigenvalue weighted by Crippen LogP contribution is -1.99. The first-order valence-electron chi connectivity index (χ1n) is 6.62. The summed E-state index contributed by atoms with van der Waals surface area (Å²) in [4.78, 5) is 4.22. The van der Waals surface area contributed by atoms with Gasteiger partial charge in [0.1, 0.15) is 0 Å². The number of rotatable bonds is 2. The van der Waals surface area contributed by atoms with E-state index in [1.54, 1.807) is 7.11 Å². The molecule has 19 heavy (non-hydrogen) atoms. The molecule has 0 radical (unpaired) electrons. The van der Waals surface area contributed by atoms with E-state index in [1.165, 1.54) is 17.5 Å². The summed E-state index contributed by atoms with van der Waals surface area (Å²) in [6.07, 6.45) is 5.29. The van der Waals surface area contributed by atoms with Crippen molar-refractivity contribution in [2.75, 3.05) is 12.8 Å². The molecule has 0 unspecified atom stereocenters. The van der Waals surface area contributed by atoms with Gasteiger partial charge in [0.25, 0.3) is 0 Å². The molecule has 0 saturated heterocycles. The monoisotopic (exact) mass is 254 g/mol. The Morgan fingerprint density at radius 3 is 2.84 bits per heavy atom. The van der Waals surface area contributed by atoms with Crippen molar-refractivity contribution >= 4 is 5.69 Å². The quantitative estimate of drug-likeness (QED) is 0.837. The third-order valence-electron chi connectivity index (χ3n) is 3.90. The van der Waals surface area contributed by atoms with Gasteiger partial charge in [-0.1, -0.05) is 12.1 Å². The summed E-state index contributed by atoms with van der Waals surface area (Å²) >= 11 is 0. The van der Waals surface area contributed by atoms with Crippen LogP contribution in [0.2, 0.25) is 0 Å². The SMILES string of the molecule is COc1cc(-c2ccc3c(c2N)CCC3)c(C)cn1. The van der Waals surface area contributed by atoms with Crippen LogP contribution in [-0.4, -0.2) is 12.1 Å². The molecule has 98 valence electrons. The summed E-state index contributed by atoms with van der Waals surface area (Å²) in [5, 5.41) is 0. The Bertz CT molecular complexity index is 635. The molecule has 0 amide bonds. The van der Waals surface area contributed by atoms with Crippen LogP contribution in [0.4, 0.5) is 5.69 Å². The number of aryl methyl sites for hydroxylation is 2. The van der Waals surface area contributed by atoms with Gasteiger partial charge >= 0.3 is 0 Å². The summed E-state index contributed by atoms with van der Waals surface area (Å²) in [5.41, 5.74) is 13.3. The van der Waals surface area contributed by atoms with Crippen LogP contribution in [0.1, 0.15) is 23.1 Å². The molecule has 1 aliphatic carbocycles. The van der Waals surface area contributed by atoms with Gasteiger partial charge in [-0.2, -0.15) is 0 Å². The number of anilines is 1. The maximum atomic E-state index is 6.37. The average molecular weight is 254 g/mol. The molecule has 3 heteroatoms. The van der Waals surface area contributed by atoms with E-state index in [4.69, 9.17) is 10.5 Å². The Labute approximate surface area is 113 Å². The standard InChI is InChI=1S/C16H18N2O/c1-10-9-18-15(19-2)8-14(10)13-7-6-11-4-3-5-12(11)16(13)17/h6-9H,3-5,17H2,1-2H3. The van der Waals surface area contributed by atoms with E-state index < -0.39 is 0 Å². The Hall–Kier alpha value is -2.03. The van der Waals surface area contributed by atoms with Gasteiger partial charge in [-0.05, 0) is 48.4 Å². The van der Waals surface area contributed by atoms with Crippen LogP contribution in [0, 0.1) is 6.92 Å². The molecule has 2 aromatic rings. The van der Waals surface area contributed by atoms with Gasteiger partial charge in [-0.3, -0.25) is 0 Å². The van der Waals surface area contributed by atoms with Crippen LogP contribution in [0.25, 0.3) is 11.1 Å². The zero-order valence-electron chi connectivity index (χ0n) is 11.4. The molecular formula is C16H18N2O. The molecule has 1 aliphatic rings. The zero-order chi connectivity index (χ0) is 13.4. The predicted molar refractivity (Wildman–Crippen MR) is 77.4 cm³/mol. The molecule has 1 aromatic heterocycles. The number of pyridine rings is 1. The van der Waals surface area contributed by atoms with Crippen molar-refractivity contribution in [3.05, 3.63) is 41.1 Å². The van der Waals surface area contributed by atoms with Crippen LogP contribution in [0.5, 0.6) is 5.88 Å². The first-order valence-corrected chi connectivity index (χ1v) is 6.62. The smallest absolute Gasteiger partial charge is 0.213 e. The minimum atomic E-state index is 0.625. The van der Waals surface area contributed by atoms with Gasteiger partial charge in [-0.15, -0.1) is 0 Å². The van der Waals surface area contributed by atoms with Crippen LogP contribution < -0.4 is 10.5 Å². The minimum absolute atomic E-state index is 0.625. The van der Waals surface area contributed by atoms with E-state index in [1.807, 2.05) is 12.3 Å². The molecule has 0 spiro atoms. The van der Waals surface area contributed by atoms with Gasteiger partial charge < -0.3 is 10.5 Å². The van der Waals surface area contributed by atoms with Crippen molar-refractivity contribution in [2.24, 2.45) is 0 Å². The van der Waals surface area contributed by atoms with Crippen molar-refractivity contribution in [3.8, 4) is 17.0 Å². The second-order valence-corrected chi connectivity index (χ2v) is 5.06. The lowest BCUT2D eigenvalue weighted by atomic mass is 9.96. The minimum Gasteiger partial charge on any atom is -0.481 e. The molecule has 0 fully saturated rings. The highest BCUT2D eigenvalue weighted by Gasteiger charge is 2.17. The predicted octanol–water partition coefficient (Wildman–Crippen LogP) is 3.14. The van der Waals surface area contributed by atoms with Crippen molar-refractivity contribution in [1.82, 2.24) is 4.98 Å². The number of nitrogens with two attached hydrogens (primary N) is 1. The van der Waals surface area contributed by atoms with Crippen molar-refractivity contribution in [1.29, 1.82) is 0 Å². The van der Waals surface area contributed by atoms with Gasteiger partial charge in [0.2, 0.25) is 5.88 Å². The lowest BCUT2D eigenvalue weighted by molar-refractivity contribution is 0.398. The first kappa shape index (κ1) is 12.0. The van der Waals surface area contributed by atoms with Crippen molar-refractivity contribution < 1.29 is 4.74 Å². The second-order valence-electron chi connectivity index (χ2n) is 5.06. The van der Waals surface area contributed by atoms with Crippen LogP contribution in [-0.2, 0) is 12.8 Å². The number of hydrogen-bond donors (Lipinski definition) is 1. The number of nitrogen functional groups attached to an aromatic ring is 1. The largest absolute Gasteiger partial charge is 0.481 e. The third kappa shape index (κ3) is 1.95. The number of methoxy groups -OCH3 is 1. The fourth-order valence-electron chi connectivity index (χ4n) is 2.84. The molecule has 1 heterocycles. The van der Waals surface area contributed by atoms with E-state index >= 15 is 0 Å². The molecule has 2 N–H and O–H groups in total. The topological polar surface area (TPSA) is 48.1 Å². The molecule has 0 saturated carbocycles. The Kier molecular flexibility index (Phi) is 2.90. The number of ether oxygens (including phenoxy) is 1. The summed E-state index contributed by atoms with van der Waals surface area (Å²) in [6, 6.07) is 6.30. The third-order valence-corrected chi connectivity index (χ3v) is 3.90. The molecular weight excluding hydrogens is 236 g/mol. The van der Waals surface area contributed by atoms with Crippen molar-refractivity contribution in [3.63, 3.8) is 0 Å². The Morgan fingerprint density at radius 2 is 2.05 bits per heavy atom. The van der Waals surface area contributed by atoms with E-state index in [9.17, 15) is 0 Å². The first-order chi connectivity index (χ1) is 9.20. The molecule has 0 bridgehead atoms. The summed E-state index contributed by atoms with van der Waals surface area (Å²) in [7, 11) is 1.63. The van der Waals surface area contributed by atoms with Gasteiger partial charge in [0.15, 0.2) is 0 Å². The van der Waals surface area contributed by atoms with Gasteiger partial charge in [0.05, 0.1) is 7.11 Å².